The first-order valence-electron chi connectivity index (χ1n) is 12.8. The number of ketones is 1. The van der Waals surface area contributed by atoms with Gasteiger partial charge in [-0.2, -0.15) is 5.26 Å². The predicted molar refractivity (Wildman–Crippen MR) is 160 cm³/mol. The van der Waals surface area contributed by atoms with Crippen LogP contribution in [0, 0.1) is 25.2 Å². The fourth-order valence-corrected chi connectivity index (χ4v) is 6.10. The SMILES string of the molecule is Cc1nc(SC2CC(=O)N(c3ccc(Oc4ccccc4)cc3)C2=O)c(C#N)c(C)c1CC(=O)c1ccc(Br)cc1. The molecule has 7 nitrogen and oxygen atoms in total. The number of carbonyl (C=O) groups is 3. The number of anilines is 1. The van der Waals surface area contributed by atoms with E-state index in [1.165, 1.54) is 4.90 Å². The molecule has 0 N–H and O–H groups in total. The van der Waals surface area contributed by atoms with E-state index in [0.29, 0.717) is 50.2 Å². The molecule has 0 aliphatic carbocycles. The Balaban J connectivity index is 1.33. The number of rotatable bonds is 8. The summed E-state index contributed by atoms with van der Waals surface area (Å²) < 4.78 is 6.69. The third-order valence-corrected chi connectivity index (χ3v) is 8.50. The van der Waals surface area contributed by atoms with Crippen LogP contribution in [-0.4, -0.2) is 27.8 Å². The van der Waals surface area contributed by atoms with E-state index in [2.05, 4.69) is 27.0 Å². The van der Waals surface area contributed by atoms with Crippen molar-refractivity contribution in [3.8, 4) is 17.6 Å². The van der Waals surface area contributed by atoms with Gasteiger partial charge in [-0.15, -0.1) is 0 Å². The highest BCUT2D eigenvalue weighted by Crippen LogP contribution is 2.37. The van der Waals surface area contributed by atoms with E-state index in [1.54, 1.807) is 50.2 Å². The molecule has 1 atom stereocenters. The minimum absolute atomic E-state index is 0.0137. The van der Waals surface area contributed by atoms with Gasteiger partial charge in [0.1, 0.15) is 22.6 Å². The Bertz CT molecular complexity index is 1680. The fraction of sp³-hybridized carbons (Fsp3) is 0.156. The number of thioether (sulfide) groups is 1. The summed E-state index contributed by atoms with van der Waals surface area (Å²) in [5, 5.41) is 9.63. The van der Waals surface area contributed by atoms with E-state index in [9.17, 15) is 19.6 Å². The second kappa shape index (κ2) is 12.1. The number of benzene rings is 3. The number of amides is 2. The zero-order valence-corrected chi connectivity index (χ0v) is 24.7. The highest BCUT2D eigenvalue weighted by molar-refractivity contribution is 9.10. The summed E-state index contributed by atoms with van der Waals surface area (Å²) in [5.74, 6) is 0.486. The summed E-state index contributed by atoms with van der Waals surface area (Å²) in [6.07, 6.45) is 0.0880. The van der Waals surface area contributed by atoms with Crippen molar-refractivity contribution in [2.45, 2.75) is 37.0 Å². The van der Waals surface area contributed by atoms with Crippen molar-refractivity contribution in [2.24, 2.45) is 0 Å². The molecule has 1 saturated heterocycles. The standard InChI is InChI=1S/C32H24BrN3O4S/c1-19-26(16-28(37)21-8-10-22(33)11-9-21)20(2)35-31(27(19)18-34)41-29-17-30(38)36(32(29)39)23-12-14-25(15-13-23)40-24-6-4-3-5-7-24/h3-15,29H,16-17H2,1-2H3. The van der Waals surface area contributed by atoms with Crippen LogP contribution in [-0.2, 0) is 16.0 Å². The number of para-hydroxylation sites is 1. The first-order chi connectivity index (χ1) is 19.7. The second-order valence-electron chi connectivity index (χ2n) is 9.49. The number of Topliss-reactive ketones (excluding diaryl/α,β-unsaturated/α-hetero) is 1. The molecule has 2 heterocycles. The van der Waals surface area contributed by atoms with Crippen molar-refractivity contribution in [1.82, 2.24) is 4.98 Å². The van der Waals surface area contributed by atoms with Crippen molar-refractivity contribution in [3.63, 3.8) is 0 Å². The average Bonchev–Trinajstić information content (AvgIpc) is 3.24. The number of pyridine rings is 1. The molecule has 0 radical (unpaired) electrons. The molecular formula is C32H24BrN3O4S. The van der Waals surface area contributed by atoms with Crippen LogP contribution in [0.1, 0.15) is 39.2 Å². The first kappa shape index (κ1) is 28.3. The maximum absolute atomic E-state index is 13.4. The predicted octanol–water partition coefficient (Wildman–Crippen LogP) is 6.97. The van der Waals surface area contributed by atoms with E-state index in [1.807, 2.05) is 42.5 Å². The normalized spacial score (nSPS) is 14.7. The third-order valence-electron chi connectivity index (χ3n) is 6.80. The van der Waals surface area contributed by atoms with E-state index in [0.717, 1.165) is 16.2 Å². The van der Waals surface area contributed by atoms with Crippen LogP contribution in [0.3, 0.4) is 0 Å². The molecule has 1 aromatic heterocycles. The van der Waals surface area contributed by atoms with Gasteiger partial charge in [0.2, 0.25) is 11.8 Å². The number of hydrogen-bond donors (Lipinski definition) is 0. The number of aryl methyl sites for hydroxylation is 1. The first-order valence-corrected chi connectivity index (χ1v) is 14.5. The van der Waals surface area contributed by atoms with Gasteiger partial charge in [-0.3, -0.25) is 14.4 Å². The molecule has 41 heavy (non-hydrogen) atoms. The Hall–Kier alpha value is -4.26. The topological polar surface area (TPSA) is 100 Å². The third kappa shape index (κ3) is 6.09. The van der Waals surface area contributed by atoms with Crippen molar-refractivity contribution in [1.29, 1.82) is 5.26 Å². The second-order valence-corrected chi connectivity index (χ2v) is 11.6. The van der Waals surface area contributed by atoms with Crippen LogP contribution in [0.2, 0.25) is 0 Å². The lowest BCUT2D eigenvalue weighted by atomic mass is 9.96. The summed E-state index contributed by atoms with van der Waals surface area (Å²) in [6.45, 7) is 3.57. The number of nitriles is 1. The smallest absolute Gasteiger partial charge is 0.247 e. The van der Waals surface area contributed by atoms with E-state index in [4.69, 9.17) is 4.74 Å². The minimum Gasteiger partial charge on any atom is -0.457 e. The largest absolute Gasteiger partial charge is 0.457 e. The van der Waals surface area contributed by atoms with Gasteiger partial charge in [-0.05, 0) is 73.5 Å². The zero-order chi connectivity index (χ0) is 29.1. The van der Waals surface area contributed by atoms with Gasteiger partial charge >= 0.3 is 0 Å². The lowest BCUT2D eigenvalue weighted by molar-refractivity contribution is -0.121. The molecule has 0 saturated carbocycles. The number of halogens is 1. The maximum atomic E-state index is 13.4. The van der Waals surface area contributed by atoms with Crippen LogP contribution in [0.15, 0.2) is 88.4 Å². The number of ether oxygens (including phenoxy) is 1. The number of carbonyl (C=O) groups excluding carboxylic acids is 3. The number of aromatic nitrogens is 1. The van der Waals surface area contributed by atoms with Crippen LogP contribution < -0.4 is 9.64 Å². The lowest BCUT2D eigenvalue weighted by Crippen LogP contribution is -2.31. The monoisotopic (exact) mass is 625 g/mol. The van der Waals surface area contributed by atoms with Crippen molar-refractivity contribution >= 4 is 51.0 Å². The molecule has 0 bridgehead atoms. The van der Waals surface area contributed by atoms with Gasteiger partial charge in [0.25, 0.3) is 0 Å². The Labute approximate surface area is 250 Å². The molecule has 1 fully saturated rings. The Morgan fingerprint density at radius 2 is 1.68 bits per heavy atom. The molecule has 2 amide bonds. The summed E-state index contributed by atoms with van der Waals surface area (Å²) in [4.78, 5) is 45.0. The number of imide groups is 1. The van der Waals surface area contributed by atoms with Crippen LogP contribution in [0.5, 0.6) is 11.5 Å². The van der Waals surface area contributed by atoms with Gasteiger partial charge in [0.05, 0.1) is 16.5 Å². The summed E-state index contributed by atoms with van der Waals surface area (Å²) >= 11 is 4.48. The summed E-state index contributed by atoms with van der Waals surface area (Å²) in [7, 11) is 0. The average molecular weight is 627 g/mol. The number of nitrogens with zero attached hydrogens (tertiary/aromatic N) is 3. The molecule has 9 heteroatoms. The van der Waals surface area contributed by atoms with E-state index < -0.39 is 5.25 Å². The summed E-state index contributed by atoms with van der Waals surface area (Å²) in [6, 6.07) is 25.4. The fourth-order valence-electron chi connectivity index (χ4n) is 4.62. The van der Waals surface area contributed by atoms with Gasteiger partial charge in [-0.25, -0.2) is 9.88 Å². The molecule has 1 unspecified atom stereocenters. The summed E-state index contributed by atoms with van der Waals surface area (Å²) in [5.41, 5.74) is 3.27. The number of hydrogen-bond acceptors (Lipinski definition) is 7. The molecule has 0 spiro atoms. The molecular weight excluding hydrogens is 602 g/mol. The molecule has 5 rings (SSSR count). The van der Waals surface area contributed by atoms with Gasteiger partial charge in [-0.1, -0.05) is 58.0 Å². The van der Waals surface area contributed by atoms with Crippen molar-refractivity contribution in [3.05, 3.63) is 111 Å². The van der Waals surface area contributed by atoms with Crippen LogP contribution in [0.25, 0.3) is 0 Å². The Morgan fingerprint density at radius 1 is 1.02 bits per heavy atom. The van der Waals surface area contributed by atoms with Crippen molar-refractivity contribution in [2.75, 3.05) is 4.90 Å². The Morgan fingerprint density at radius 3 is 2.34 bits per heavy atom. The Kier molecular flexibility index (Phi) is 8.34. The molecule has 4 aromatic rings. The molecule has 1 aliphatic heterocycles. The van der Waals surface area contributed by atoms with Crippen LogP contribution in [0.4, 0.5) is 5.69 Å². The minimum atomic E-state index is -0.726. The van der Waals surface area contributed by atoms with Gasteiger partial charge in [0.15, 0.2) is 5.78 Å². The highest BCUT2D eigenvalue weighted by Gasteiger charge is 2.41. The molecule has 204 valence electrons. The maximum Gasteiger partial charge on any atom is 0.247 e. The van der Waals surface area contributed by atoms with Gasteiger partial charge < -0.3 is 4.74 Å². The van der Waals surface area contributed by atoms with Crippen molar-refractivity contribution < 1.29 is 19.1 Å². The molecule has 1 aliphatic rings. The molecule has 3 aromatic carbocycles. The van der Waals surface area contributed by atoms with E-state index >= 15 is 0 Å². The van der Waals surface area contributed by atoms with Gasteiger partial charge in [0, 0.05) is 28.6 Å². The highest BCUT2D eigenvalue weighted by atomic mass is 79.9. The lowest BCUT2D eigenvalue weighted by Gasteiger charge is -2.17. The van der Waals surface area contributed by atoms with E-state index in [-0.39, 0.29) is 30.4 Å². The quantitative estimate of drug-likeness (QED) is 0.154. The van der Waals surface area contributed by atoms with Crippen LogP contribution >= 0.6 is 27.7 Å². The zero-order valence-electron chi connectivity index (χ0n) is 22.3.